The van der Waals surface area contributed by atoms with Crippen LogP contribution < -0.4 is 20.9 Å². The van der Waals surface area contributed by atoms with Crippen molar-refractivity contribution >= 4 is 50.1 Å². The van der Waals surface area contributed by atoms with Gasteiger partial charge in [0.1, 0.15) is 5.82 Å². The second-order valence-corrected chi connectivity index (χ2v) is 9.10. The second-order valence-electron chi connectivity index (χ2n) is 8.25. The Kier molecular flexibility index (Phi) is 6.32. The van der Waals surface area contributed by atoms with E-state index in [2.05, 4.69) is 52.4 Å². The first kappa shape index (κ1) is 21.4. The molecule has 3 aromatic rings. The molecular formula is C24H28BrN5O. The van der Waals surface area contributed by atoms with Gasteiger partial charge in [-0.15, -0.1) is 0 Å². The zero-order valence-corrected chi connectivity index (χ0v) is 19.5. The molecule has 162 valence electrons. The van der Waals surface area contributed by atoms with Crippen LogP contribution in [-0.2, 0) is 0 Å². The summed E-state index contributed by atoms with van der Waals surface area (Å²) < 4.78 is 0.880. The smallest absolute Gasteiger partial charge is 0.319 e. The lowest BCUT2D eigenvalue weighted by Crippen LogP contribution is -2.47. The number of anilines is 3. The van der Waals surface area contributed by atoms with Crippen LogP contribution in [0.2, 0.25) is 0 Å². The maximum atomic E-state index is 12.2. The molecule has 3 N–H and O–H groups in total. The zero-order chi connectivity index (χ0) is 22.0. The zero-order valence-electron chi connectivity index (χ0n) is 17.9. The average Bonchev–Trinajstić information content (AvgIpc) is 2.75. The molecule has 1 aliphatic carbocycles. The highest BCUT2D eigenvalue weighted by atomic mass is 79.9. The number of carbonyl (C=O) groups is 1. The minimum absolute atomic E-state index is 0.0937. The summed E-state index contributed by atoms with van der Waals surface area (Å²) in [5.74, 6) is 0.892. The fourth-order valence-electron chi connectivity index (χ4n) is 4.43. The first-order valence-corrected chi connectivity index (χ1v) is 11.4. The molecule has 2 amide bonds. The van der Waals surface area contributed by atoms with E-state index in [1.54, 1.807) is 4.90 Å². The van der Waals surface area contributed by atoms with E-state index >= 15 is 0 Å². The standard InChI is InChI=1S/C24H28BrN5O/c1-29(2)22-15-23(28-20-9-5-3-7-18(20)22)27-16-11-13-17(14-12-16)30(24(26)31)21-10-6-4-8-19(21)25/h3-10,15-17H,11-14H2,1-2H3,(H2,26,31)(H,27,28)/t16-,17+. The normalized spacial score (nSPS) is 18.5. The first-order chi connectivity index (χ1) is 14.9. The Hall–Kier alpha value is -2.80. The number of nitrogens with zero attached hydrogens (tertiary/aromatic N) is 3. The highest BCUT2D eigenvalue weighted by Gasteiger charge is 2.30. The van der Waals surface area contributed by atoms with Crippen molar-refractivity contribution in [3.05, 3.63) is 59.1 Å². The van der Waals surface area contributed by atoms with Crippen LogP contribution in [0, 0.1) is 0 Å². The lowest BCUT2D eigenvalue weighted by atomic mass is 9.90. The monoisotopic (exact) mass is 481 g/mol. The number of nitrogens with one attached hydrogen (secondary N) is 1. The fourth-order valence-corrected chi connectivity index (χ4v) is 4.91. The van der Waals surface area contributed by atoms with Gasteiger partial charge in [-0.25, -0.2) is 9.78 Å². The highest BCUT2D eigenvalue weighted by Crippen LogP contribution is 2.34. The van der Waals surface area contributed by atoms with Crippen molar-refractivity contribution in [1.29, 1.82) is 0 Å². The van der Waals surface area contributed by atoms with Gasteiger partial charge in [-0.3, -0.25) is 4.90 Å². The Balaban J connectivity index is 1.48. The SMILES string of the molecule is CN(C)c1cc(N[C@H]2CC[C@@H](N(C(N)=O)c3ccccc3Br)CC2)nc2ccccc12. The van der Waals surface area contributed by atoms with Crippen molar-refractivity contribution in [2.45, 2.75) is 37.8 Å². The molecule has 31 heavy (non-hydrogen) atoms. The lowest BCUT2D eigenvalue weighted by Gasteiger charge is -2.36. The van der Waals surface area contributed by atoms with Crippen molar-refractivity contribution < 1.29 is 4.79 Å². The Morgan fingerprint density at radius 2 is 1.71 bits per heavy atom. The average molecular weight is 482 g/mol. The number of hydrogen-bond donors (Lipinski definition) is 2. The van der Waals surface area contributed by atoms with Gasteiger partial charge < -0.3 is 16.0 Å². The highest BCUT2D eigenvalue weighted by molar-refractivity contribution is 9.10. The number of aromatic nitrogens is 1. The third-order valence-corrected chi connectivity index (χ3v) is 6.61. The molecule has 0 bridgehead atoms. The molecule has 1 fully saturated rings. The third kappa shape index (κ3) is 4.61. The number of hydrogen-bond acceptors (Lipinski definition) is 4. The molecule has 0 aliphatic heterocycles. The number of rotatable bonds is 5. The van der Waals surface area contributed by atoms with Crippen molar-refractivity contribution in [2.24, 2.45) is 5.73 Å². The van der Waals surface area contributed by atoms with Crippen LogP contribution in [0.5, 0.6) is 0 Å². The Morgan fingerprint density at radius 1 is 1.03 bits per heavy atom. The van der Waals surface area contributed by atoms with Crippen LogP contribution in [0.1, 0.15) is 25.7 Å². The van der Waals surface area contributed by atoms with Crippen molar-refractivity contribution in [1.82, 2.24) is 4.98 Å². The molecule has 1 aromatic heterocycles. The van der Waals surface area contributed by atoms with Gasteiger partial charge in [-0.1, -0.05) is 30.3 Å². The number of amides is 2. The summed E-state index contributed by atoms with van der Waals surface area (Å²) in [7, 11) is 4.10. The van der Waals surface area contributed by atoms with Gasteiger partial charge in [-0.2, -0.15) is 0 Å². The fraction of sp³-hybridized carbons (Fsp3) is 0.333. The number of carbonyl (C=O) groups excluding carboxylic acids is 1. The van der Waals surface area contributed by atoms with Crippen LogP contribution in [-0.4, -0.2) is 37.2 Å². The van der Waals surface area contributed by atoms with Gasteiger partial charge in [-0.05, 0) is 59.8 Å². The first-order valence-electron chi connectivity index (χ1n) is 10.6. The molecule has 1 aliphatic rings. The summed E-state index contributed by atoms with van der Waals surface area (Å²) in [5.41, 5.74) is 8.73. The van der Waals surface area contributed by atoms with E-state index in [0.717, 1.165) is 58.3 Å². The van der Waals surface area contributed by atoms with Gasteiger partial charge in [0.2, 0.25) is 0 Å². The topological polar surface area (TPSA) is 74.5 Å². The molecule has 0 unspecified atom stereocenters. The Bertz CT molecular complexity index is 1080. The summed E-state index contributed by atoms with van der Waals surface area (Å²) in [6.07, 6.45) is 3.67. The number of para-hydroxylation sites is 2. The van der Waals surface area contributed by atoms with Gasteiger partial charge in [0.05, 0.1) is 11.2 Å². The minimum Gasteiger partial charge on any atom is -0.377 e. The van der Waals surface area contributed by atoms with E-state index in [1.807, 2.05) is 42.5 Å². The van der Waals surface area contributed by atoms with Gasteiger partial charge in [0, 0.05) is 47.8 Å². The number of urea groups is 1. The lowest BCUT2D eigenvalue weighted by molar-refractivity contribution is 0.248. The van der Waals surface area contributed by atoms with E-state index < -0.39 is 6.03 Å². The number of pyridine rings is 1. The molecule has 2 aromatic carbocycles. The van der Waals surface area contributed by atoms with Gasteiger partial charge in [0.25, 0.3) is 0 Å². The van der Waals surface area contributed by atoms with Crippen molar-refractivity contribution in [3.63, 3.8) is 0 Å². The predicted octanol–water partition coefficient (Wildman–Crippen LogP) is 5.37. The van der Waals surface area contributed by atoms with E-state index in [4.69, 9.17) is 10.7 Å². The molecule has 0 atom stereocenters. The molecular weight excluding hydrogens is 454 g/mol. The van der Waals surface area contributed by atoms with Crippen LogP contribution >= 0.6 is 15.9 Å². The molecule has 1 heterocycles. The third-order valence-electron chi connectivity index (χ3n) is 5.94. The predicted molar refractivity (Wildman–Crippen MR) is 132 cm³/mol. The number of primary amides is 1. The Morgan fingerprint density at radius 3 is 2.39 bits per heavy atom. The maximum Gasteiger partial charge on any atom is 0.319 e. The van der Waals surface area contributed by atoms with E-state index in [0.29, 0.717) is 6.04 Å². The van der Waals surface area contributed by atoms with E-state index in [1.165, 1.54) is 0 Å². The van der Waals surface area contributed by atoms with E-state index in [-0.39, 0.29) is 6.04 Å². The maximum absolute atomic E-state index is 12.2. The summed E-state index contributed by atoms with van der Waals surface area (Å²) in [4.78, 5) is 20.9. The minimum atomic E-state index is -0.407. The summed E-state index contributed by atoms with van der Waals surface area (Å²) in [6, 6.07) is 18.1. The quantitative estimate of drug-likeness (QED) is 0.513. The number of benzene rings is 2. The number of halogens is 1. The van der Waals surface area contributed by atoms with Gasteiger partial charge >= 0.3 is 6.03 Å². The van der Waals surface area contributed by atoms with Crippen LogP contribution in [0.3, 0.4) is 0 Å². The number of nitrogens with two attached hydrogens (primary N) is 1. The molecule has 0 spiro atoms. The van der Waals surface area contributed by atoms with Gasteiger partial charge in [0.15, 0.2) is 0 Å². The molecule has 6 nitrogen and oxygen atoms in total. The molecule has 0 radical (unpaired) electrons. The van der Waals surface area contributed by atoms with Crippen LogP contribution in [0.15, 0.2) is 59.1 Å². The summed E-state index contributed by atoms with van der Waals surface area (Å²) in [6.45, 7) is 0. The molecule has 1 saturated carbocycles. The number of fused-ring (bicyclic) bond motifs is 1. The molecule has 4 rings (SSSR count). The van der Waals surface area contributed by atoms with Crippen molar-refractivity contribution in [2.75, 3.05) is 29.2 Å². The second kappa shape index (κ2) is 9.14. The van der Waals surface area contributed by atoms with Crippen LogP contribution in [0.25, 0.3) is 10.9 Å². The molecule has 0 saturated heterocycles. The summed E-state index contributed by atoms with van der Waals surface area (Å²) in [5, 5.41) is 4.77. The Labute approximate surface area is 191 Å². The largest absolute Gasteiger partial charge is 0.377 e. The van der Waals surface area contributed by atoms with Crippen molar-refractivity contribution in [3.8, 4) is 0 Å². The van der Waals surface area contributed by atoms with Crippen LogP contribution in [0.4, 0.5) is 22.0 Å². The van der Waals surface area contributed by atoms with E-state index in [9.17, 15) is 4.79 Å². The summed E-state index contributed by atoms with van der Waals surface area (Å²) >= 11 is 3.55. The molecule has 7 heteroatoms.